The highest BCUT2D eigenvalue weighted by molar-refractivity contribution is 6.04. The SMILES string of the molecule is C=C(C=O)CNc1ccc(-c2c(C3=CCNCC3)c3c(N)ncnc3n2C)cc1. The number of aldehydes is 1. The Morgan fingerprint density at radius 3 is 2.83 bits per heavy atom. The van der Waals surface area contributed by atoms with Gasteiger partial charge in [-0.25, -0.2) is 9.97 Å². The molecule has 0 saturated heterocycles. The number of fused-ring (bicyclic) bond motifs is 1. The maximum atomic E-state index is 10.7. The van der Waals surface area contributed by atoms with Gasteiger partial charge in [0, 0.05) is 37.0 Å². The summed E-state index contributed by atoms with van der Waals surface area (Å²) in [6.45, 7) is 5.88. The zero-order valence-electron chi connectivity index (χ0n) is 16.4. The third-order valence-corrected chi connectivity index (χ3v) is 5.23. The zero-order valence-corrected chi connectivity index (χ0v) is 16.4. The number of nitrogens with zero attached hydrogens (tertiary/aromatic N) is 3. The predicted molar refractivity (Wildman–Crippen MR) is 118 cm³/mol. The molecule has 0 unspecified atom stereocenters. The average molecular weight is 388 g/mol. The van der Waals surface area contributed by atoms with Gasteiger partial charge in [0.15, 0.2) is 0 Å². The van der Waals surface area contributed by atoms with Gasteiger partial charge in [-0.2, -0.15) is 0 Å². The van der Waals surface area contributed by atoms with E-state index < -0.39 is 0 Å². The molecule has 29 heavy (non-hydrogen) atoms. The molecular formula is C22H24N6O. The number of aromatic nitrogens is 3. The van der Waals surface area contributed by atoms with Crippen LogP contribution in [0.15, 0.2) is 48.8 Å². The second kappa shape index (κ2) is 7.89. The van der Waals surface area contributed by atoms with Crippen LogP contribution in [0.2, 0.25) is 0 Å². The first-order chi connectivity index (χ1) is 14.1. The maximum absolute atomic E-state index is 10.7. The number of hydrogen-bond donors (Lipinski definition) is 3. The Morgan fingerprint density at radius 1 is 1.34 bits per heavy atom. The van der Waals surface area contributed by atoms with Crippen molar-refractivity contribution in [3.05, 3.63) is 54.4 Å². The Labute approximate surface area is 169 Å². The van der Waals surface area contributed by atoms with Crippen molar-refractivity contribution in [3.63, 3.8) is 0 Å². The summed E-state index contributed by atoms with van der Waals surface area (Å²) >= 11 is 0. The van der Waals surface area contributed by atoms with Crippen molar-refractivity contribution in [2.24, 2.45) is 7.05 Å². The molecule has 1 aliphatic rings. The van der Waals surface area contributed by atoms with Crippen LogP contribution in [0.25, 0.3) is 27.9 Å². The maximum Gasteiger partial charge on any atom is 0.147 e. The lowest BCUT2D eigenvalue weighted by Crippen LogP contribution is -2.20. The topological polar surface area (TPSA) is 97.9 Å². The van der Waals surface area contributed by atoms with E-state index in [2.05, 4.69) is 50.0 Å². The quantitative estimate of drug-likeness (QED) is 0.444. The monoisotopic (exact) mass is 388 g/mol. The van der Waals surface area contributed by atoms with E-state index in [0.717, 1.165) is 59.3 Å². The molecule has 0 bridgehead atoms. The third-order valence-electron chi connectivity index (χ3n) is 5.23. The summed E-state index contributed by atoms with van der Waals surface area (Å²) in [4.78, 5) is 19.5. The molecule has 7 heteroatoms. The highest BCUT2D eigenvalue weighted by Gasteiger charge is 2.23. The Hall–Kier alpha value is -3.45. The average Bonchev–Trinajstić information content (AvgIpc) is 3.07. The Kier molecular flexibility index (Phi) is 5.14. The van der Waals surface area contributed by atoms with Crippen LogP contribution >= 0.6 is 0 Å². The summed E-state index contributed by atoms with van der Waals surface area (Å²) < 4.78 is 2.09. The van der Waals surface area contributed by atoms with Crippen LogP contribution in [0.4, 0.5) is 11.5 Å². The number of nitrogens with two attached hydrogens (primary N) is 1. The molecule has 2 aromatic heterocycles. The fourth-order valence-electron chi connectivity index (χ4n) is 3.78. The van der Waals surface area contributed by atoms with Gasteiger partial charge >= 0.3 is 0 Å². The molecule has 1 aromatic carbocycles. The first kappa shape index (κ1) is 18.9. The van der Waals surface area contributed by atoms with E-state index in [0.29, 0.717) is 17.9 Å². The van der Waals surface area contributed by atoms with E-state index in [-0.39, 0.29) is 0 Å². The summed E-state index contributed by atoms with van der Waals surface area (Å²) in [6.07, 6.45) is 5.42. The zero-order chi connectivity index (χ0) is 20.4. The molecule has 4 rings (SSSR count). The Balaban J connectivity index is 1.82. The third kappa shape index (κ3) is 3.52. The predicted octanol–water partition coefficient (Wildman–Crippen LogP) is 2.76. The highest BCUT2D eigenvalue weighted by atomic mass is 16.1. The van der Waals surface area contributed by atoms with Crippen LogP contribution < -0.4 is 16.4 Å². The molecule has 0 saturated carbocycles. The van der Waals surface area contributed by atoms with E-state index in [1.54, 1.807) is 0 Å². The van der Waals surface area contributed by atoms with E-state index >= 15 is 0 Å². The minimum atomic E-state index is 0.425. The van der Waals surface area contributed by atoms with Gasteiger partial charge in [-0.1, -0.05) is 24.8 Å². The number of nitrogens with one attached hydrogen (secondary N) is 2. The van der Waals surface area contributed by atoms with Gasteiger partial charge < -0.3 is 20.9 Å². The fourth-order valence-corrected chi connectivity index (χ4v) is 3.78. The molecule has 0 radical (unpaired) electrons. The van der Waals surface area contributed by atoms with Crippen molar-refractivity contribution in [1.29, 1.82) is 0 Å². The number of carbonyl (C=O) groups excluding carboxylic acids is 1. The van der Waals surface area contributed by atoms with E-state index in [4.69, 9.17) is 5.73 Å². The first-order valence-electron chi connectivity index (χ1n) is 9.56. The molecule has 3 heterocycles. The molecule has 0 atom stereocenters. The Morgan fingerprint density at radius 2 is 2.14 bits per heavy atom. The van der Waals surface area contributed by atoms with Gasteiger partial charge in [0.1, 0.15) is 24.1 Å². The van der Waals surface area contributed by atoms with Crippen molar-refractivity contribution >= 4 is 34.4 Å². The summed E-state index contributed by atoms with van der Waals surface area (Å²) in [7, 11) is 2.01. The molecule has 0 fully saturated rings. The van der Waals surface area contributed by atoms with Gasteiger partial charge in [-0.3, -0.25) is 4.79 Å². The van der Waals surface area contributed by atoms with Crippen molar-refractivity contribution < 1.29 is 4.79 Å². The molecule has 148 valence electrons. The van der Waals surface area contributed by atoms with Gasteiger partial charge in [0.25, 0.3) is 0 Å². The second-order valence-electron chi connectivity index (χ2n) is 7.13. The van der Waals surface area contributed by atoms with Crippen LogP contribution in [-0.2, 0) is 11.8 Å². The van der Waals surface area contributed by atoms with Crippen LogP contribution in [-0.4, -0.2) is 40.5 Å². The summed E-state index contributed by atoms with van der Waals surface area (Å²) in [6, 6.07) is 8.13. The number of carbonyl (C=O) groups is 1. The van der Waals surface area contributed by atoms with Crippen molar-refractivity contribution in [2.75, 3.05) is 30.7 Å². The minimum absolute atomic E-state index is 0.425. The van der Waals surface area contributed by atoms with Crippen LogP contribution in [0, 0.1) is 0 Å². The molecule has 4 N–H and O–H groups in total. The molecule has 0 aliphatic carbocycles. The minimum Gasteiger partial charge on any atom is -0.383 e. The Bertz CT molecular complexity index is 1110. The second-order valence-corrected chi connectivity index (χ2v) is 7.13. The highest BCUT2D eigenvalue weighted by Crippen LogP contribution is 2.40. The molecule has 7 nitrogen and oxygen atoms in total. The normalized spacial score (nSPS) is 13.9. The first-order valence-corrected chi connectivity index (χ1v) is 9.56. The van der Waals surface area contributed by atoms with Crippen LogP contribution in [0.5, 0.6) is 0 Å². The summed E-state index contributed by atoms with van der Waals surface area (Å²) in [5, 5.41) is 7.47. The van der Waals surface area contributed by atoms with Crippen molar-refractivity contribution in [2.45, 2.75) is 6.42 Å². The molecule has 0 amide bonds. The van der Waals surface area contributed by atoms with Crippen LogP contribution in [0.1, 0.15) is 12.0 Å². The number of nitrogen functional groups attached to an aromatic ring is 1. The lowest BCUT2D eigenvalue weighted by Gasteiger charge is -2.17. The fraction of sp³-hybridized carbons (Fsp3) is 0.227. The van der Waals surface area contributed by atoms with Gasteiger partial charge in [-0.05, 0) is 36.2 Å². The number of anilines is 2. The number of hydrogen-bond acceptors (Lipinski definition) is 6. The summed E-state index contributed by atoms with van der Waals surface area (Å²) in [5.41, 5.74) is 13.0. The van der Waals surface area contributed by atoms with Gasteiger partial charge in [-0.15, -0.1) is 0 Å². The number of aryl methyl sites for hydroxylation is 1. The van der Waals surface area contributed by atoms with Crippen molar-refractivity contribution in [1.82, 2.24) is 19.9 Å². The smallest absolute Gasteiger partial charge is 0.147 e. The van der Waals surface area contributed by atoms with E-state index in [1.165, 1.54) is 11.9 Å². The number of rotatable bonds is 6. The van der Waals surface area contributed by atoms with Crippen molar-refractivity contribution in [3.8, 4) is 11.3 Å². The molecule has 3 aromatic rings. The van der Waals surface area contributed by atoms with Gasteiger partial charge in [0.05, 0.1) is 11.1 Å². The van der Waals surface area contributed by atoms with Gasteiger partial charge in [0.2, 0.25) is 0 Å². The molecule has 0 spiro atoms. The lowest BCUT2D eigenvalue weighted by atomic mass is 9.95. The number of benzene rings is 1. The standard InChI is InChI=1S/C22H24N6O/c1-14(12-29)11-25-17-5-3-16(4-6-17)20-18(15-7-9-24-10-8-15)19-21(23)26-13-27-22(19)28(20)2/h3-7,12-13,24-25H,1,8-11H2,2H3,(H2,23,26,27). The molecule has 1 aliphatic heterocycles. The molecular weight excluding hydrogens is 364 g/mol. The van der Waals surface area contributed by atoms with E-state index in [1.807, 2.05) is 19.2 Å². The lowest BCUT2D eigenvalue weighted by molar-refractivity contribution is -0.104. The van der Waals surface area contributed by atoms with Crippen LogP contribution in [0.3, 0.4) is 0 Å². The largest absolute Gasteiger partial charge is 0.383 e. The summed E-state index contributed by atoms with van der Waals surface area (Å²) in [5.74, 6) is 0.497. The van der Waals surface area contributed by atoms with E-state index in [9.17, 15) is 4.79 Å².